The van der Waals surface area contributed by atoms with E-state index in [9.17, 15) is 0 Å². The Labute approximate surface area is 223 Å². The second-order valence-electron chi connectivity index (χ2n) is 9.61. The van der Waals surface area contributed by atoms with E-state index in [0.717, 1.165) is 90.8 Å². The highest BCUT2D eigenvalue weighted by Gasteiger charge is 2.48. The van der Waals surface area contributed by atoms with E-state index in [1.165, 1.54) is 0 Å². The molecule has 11 heteroatoms. The molecule has 0 radical (unpaired) electrons. The quantitative estimate of drug-likeness (QED) is 0.267. The molecular weight excluding hydrogens is 586 g/mol. The van der Waals surface area contributed by atoms with Gasteiger partial charge in [-0.1, -0.05) is 18.2 Å². The van der Waals surface area contributed by atoms with Crippen molar-refractivity contribution >= 4 is 56.9 Å². The molecule has 0 aliphatic carbocycles. The molecule has 184 valence electrons. The second-order valence-corrected chi connectivity index (χ2v) is 11.7. The molecule has 0 amide bonds. The number of aryl methyl sites for hydroxylation is 1. The summed E-state index contributed by atoms with van der Waals surface area (Å²) in [5.74, 6) is 2.67. The van der Waals surface area contributed by atoms with E-state index in [2.05, 4.69) is 49.0 Å². The molecule has 2 atom stereocenters. The highest BCUT2D eigenvalue weighted by molar-refractivity contribution is 14.2. The van der Waals surface area contributed by atoms with E-state index >= 15 is 0 Å². The van der Waals surface area contributed by atoms with Crippen molar-refractivity contribution in [3.63, 3.8) is 0 Å². The first-order valence-electron chi connectivity index (χ1n) is 12.3. The number of nitrogens with two attached hydrogens (primary N) is 1. The molecule has 1 aromatic carbocycles. The lowest BCUT2D eigenvalue weighted by Gasteiger charge is -2.41. The lowest BCUT2D eigenvalue weighted by atomic mass is 9.83. The van der Waals surface area contributed by atoms with Crippen molar-refractivity contribution in [1.82, 2.24) is 24.5 Å². The van der Waals surface area contributed by atoms with Gasteiger partial charge in [-0.15, -0.1) is 5.10 Å². The molecule has 3 aliphatic rings. The minimum Gasteiger partial charge on any atom is -0.485 e. The number of rotatable bonds is 3. The number of benzene rings is 1. The molecule has 2 N–H and O–H groups in total. The smallest absolute Gasteiger partial charge is 0.185 e. The number of pyridine rings is 1. The summed E-state index contributed by atoms with van der Waals surface area (Å²) >= 11 is 2.36. The molecule has 0 saturated carbocycles. The molecule has 9 nitrogen and oxygen atoms in total. The molecule has 1 fully saturated rings. The van der Waals surface area contributed by atoms with Crippen LogP contribution in [0.5, 0.6) is 5.75 Å². The van der Waals surface area contributed by atoms with Crippen LogP contribution in [0, 0.1) is 0 Å². The summed E-state index contributed by atoms with van der Waals surface area (Å²) in [6.45, 7) is 2.54. The van der Waals surface area contributed by atoms with Gasteiger partial charge in [0, 0.05) is 44.2 Å². The molecule has 3 aromatic heterocycles. The van der Waals surface area contributed by atoms with Crippen molar-refractivity contribution in [1.29, 1.82) is 0 Å². The van der Waals surface area contributed by atoms with Crippen molar-refractivity contribution < 1.29 is 4.74 Å². The highest BCUT2D eigenvalue weighted by Crippen LogP contribution is 2.47. The monoisotopic (exact) mass is 612 g/mol. The van der Waals surface area contributed by atoms with Gasteiger partial charge in [-0.25, -0.2) is 14.4 Å². The standard InChI is InChI=1S/C25H26IN8OP/c26-36-34-23-21(24(31-34)33-12-4-6-17-18(33)7-3-11-28-17)29-15-20(30-23)32-13-9-25(10-14-32)22(27)16-5-1-2-8-19(16)35-25/h1-3,5,7-8,11,15,22,36H,4,6,9-10,12-14,27H2/t22-/m1/s1. The van der Waals surface area contributed by atoms with Gasteiger partial charge in [-0.05, 0) is 53.1 Å². The third-order valence-electron chi connectivity index (χ3n) is 7.70. The summed E-state index contributed by atoms with van der Waals surface area (Å²) in [5, 5.41) is 4.95. The number of fused-ring (bicyclic) bond motifs is 3. The Morgan fingerprint density at radius 3 is 2.78 bits per heavy atom. The number of piperidine rings is 1. The molecule has 4 aromatic rings. The van der Waals surface area contributed by atoms with Gasteiger partial charge < -0.3 is 20.3 Å². The third-order valence-corrected chi connectivity index (χ3v) is 9.55. The van der Waals surface area contributed by atoms with Gasteiger partial charge in [0.05, 0.1) is 30.0 Å². The Morgan fingerprint density at radius 2 is 1.94 bits per heavy atom. The SMILES string of the molecule is N[C@@H]1c2ccccc2OC12CCN(c1cnc3c(N4CCCc5ncccc54)nn(PI)c3n1)CC2. The number of para-hydroxylation sites is 1. The van der Waals surface area contributed by atoms with E-state index in [-0.39, 0.29) is 11.6 Å². The fourth-order valence-electron chi connectivity index (χ4n) is 5.79. The maximum Gasteiger partial charge on any atom is 0.185 e. The molecular formula is C25H26IN8OP. The number of aromatic nitrogens is 5. The maximum absolute atomic E-state index is 6.67. The Bertz CT molecular complexity index is 1450. The predicted octanol–water partition coefficient (Wildman–Crippen LogP) is 4.53. The summed E-state index contributed by atoms with van der Waals surface area (Å²) < 4.78 is 8.40. The Kier molecular flexibility index (Phi) is 5.52. The van der Waals surface area contributed by atoms with Crippen LogP contribution in [0.25, 0.3) is 11.2 Å². The van der Waals surface area contributed by atoms with Crippen LogP contribution < -0.4 is 20.3 Å². The summed E-state index contributed by atoms with van der Waals surface area (Å²) in [6.07, 6.45) is 7.91. The summed E-state index contributed by atoms with van der Waals surface area (Å²) in [5.41, 5.74) is 11.3. The molecule has 1 saturated heterocycles. The summed E-state index contributed by atoms with van der Waals surface area (Å²) in [4.78, 5) is 19.1. The van der Waals surface area contributed by atoms with Crippen molar-refractivity contribution in [3.8, 4) is 5.75 Å². The van der Waals surface area contributed by atoms with Gasteiger partial charge in [-0.3, -0.25) is 4.98 Å². The molecule has 1 unspecified atom stereocenters. The Balaban J connectivity index is 1.17. The molecule has 1 spiro atoms. The fraction of sp³-hybridized carbons (Fsp3) is 0.360. The van der Waals surface area contributed by atoms with Gasteiger partial charge in [0.1, 0.15) is 17.2 Å². The number of ether oxygens (including phenoxy) is 1. The average molecular weight is 612 g/mol. The van der Waals surface area contributed by atoms with E-state index in [1.54, 1.807) is 0 Å². The summed E-state index contributed by atoms with van der Waals surface area (Å²) in [7, 11) is 0. The first kappa shape index (κ1) is 22.6. The van der Waals surface area contributed by atoms with E-state index in [0.29, 0.717) is 6.37 Å². The van der Waals surface area contributed by atoms with Crippen molar-refractivity contribution in [3.05, 3.63) is 60.0 Å². The molecule has 7 rings (SSSR count). The van der Waals surface area contributed by atoms with Crippen LogP contribution in [0.15, 0.2) is 48.8 Å². The molecule has 0 bridgehead atoms. The van der Waals surface area contributed by atoms with Crippen LogP contribution in [0.4, 0.5) is 17.3 Å². The Hall–Kier alpha value is -2.56. The first-order valence-corrected chi connectivity index (χ1v) is 16.4. The van der Waals surface area contributed by atoms with Gasteiger partial charge in [0.2, 0.25) is 0 Å². The molecule has 3 aliphatic heterocycles. The number of nitrogens with zero attached hydrogens (tertiary/aromatic N) is 7. The second kappa shape index (κ2) is 8.78. The van der Waals surface area contributed by atoms with Crippen molar-refractivity contribution in [2.24, 2.45) is 5.73 Å². The van der Waals surface area contributed by atoms with Gasteiger partial charge >= 0.3 is 0 Å². The minimum absolute atomic E-state index is 0.101. The van der Waals surface area contributed by atoms with Crippen LogP contribution in [0.1, 0.15) is 36.6 Å². The van der Waals surface area contributed by atoms with Crippen molar-refractivity contribution in [2.45, 2.75) is 37.3 Å². The normalized spacial score (nSPS) is 20.8. The van der Waals surface area contributed by atoms with Crippen molar-refractivity contribution in [2.75, 3.05) is 29.4 Å². The number of hydrogen-bond donors (Lipinski definition) is 1. The zero-order valence-corrected chi connectivity index (χ0v) is 22.8. The topological polar surface area (TPSA) is 98.2 Å². The van der Waals surface area contributed by atoms with Crippen LogP contribution in [0.2, 0.25) is 0 Å². The lowest BCUT2D eigenvalue weighted by molar-refractivity contribution is 0.0431. The fourth-order valence-corrected chi connectivity index (χ4v) is 7.17. The largest absolute Gasteiger partial charge is 0.485 e. The zero-order chi connectivity index (χ0) is 24.3. The van der Waals surface area contributed by atoms with E-state index in [1.807, 2.05) is 41.1 Å². The molecule has 36 heavy (non-hydrogen) atoms. The maximum atomic E-state index is 6.67. The lowest BCUT2D eigenvalue weighted by Crippen LogP contribution is -2.51. The van der Waals surface area contributed by atoms with Crippen LogP contribution in [0.3, 0.4) is 0 Å². The van der Waals surface area contributed by atoms with E-state index in [4.69, 9.17) is 25.5 Å². The minimum atomic E-state index is -0.341. The van der Waals surface area contributed by atoms with Gasteiger partial charge in [-0.2, -0.15) is 0 Å². The zero-order valence-electron chi connectivity index (χ0n) is 19.6. The number of halogens is 1. The molecule has 6 heterocycles. The van der Waals surface area contributed by atoms with Crippen LogP contribution in [-0.2, 0) is 6.42 Å². The Morgan fingerprint density at radius 1 is 1.08 bits per heavy atom. The highest BCUT2D eigenvalue weighted by atomic mass is 127. The van der Waals surface area contributed by atoms with Gasteiger partial charge in [0.25, 0.3) is 0 Å². The van der Waals surface area contributed by atoms with Gasteiger partial charge in [0.15, 0.2) is 17.0 Å². The number of anilines is 3. The predicted molar refractivity (Wildman–Crippen MR) is 151 cm³/mol. The average Bonchev–Trinajstić information content (AvgIpc) is 3.43. The van der Waals surface area contributed by atoms with Crippen LogP contribution in [-0.4, -0.2) is 49.7 Å². The van der Waals surface area contributed by atoms with E-state index < -0.39 is 0 Å². The summed E-state index contributed by atoms with van der Waals surface area (Å²) in [6, 6.07) is 12.2. The third kappa shape index (κ3) is 3.48. The first-order chi connectivity index (χ1) is 17.7. The number of hydrogen-bond acceptors (Lipinski definition) is 8. The van der Waals surface area contributed by atoms with Crippen LogP contribution >= 0.6 is 28.4 Å².